The van der Waals surface area contributed by atoms with Gasteiger partial charge in [-0.3, -0.25) is 14.3 Å². The number of benzene rings is 4. The fraction of sp³-hybridized carbons (Fsp3) is 0. The minimum absolute atomic E-state index is 0.0697. The van der Waals surface area contributed by atoms with Crippen molar-refractivity contribution in [3.8, 4) is 0 Å². The van der Waals surface area contributed by atoms with Crippen LogP contribution in [0.25, 0.3) is 32.8 Å². The first-order chi connectivity index (χ1) is 18.5. The highest BCUT2D eigenvalue weighted by Crippen LogP contribution is 2.29. The Hall–Kier alpha value is -5.57. The third-order valence-corrected chi connectivity index (χ3v) is 6.15. The Balaban J connectivity index is 1.34. The molecule has 184 valence electrons. The Labute approximate surface area is 215 Å². The van der Waals surface area contributed by atoms with Crippen LogP contribution in [0.15, 0.2) is 97.2 Å². The van der Waals surface area contributed by atoms with Gasteiger partial charge in [0.25, 0.3) is 5.91 Å². The minimum Gasteiger partial charge on any atom is -0.478 e. The number of fused-ring (bicyclic) bond motifs is 4. The zero-order valence-corrected chi connectivity index (χ0v) is 19.8. The van der Waals surface area contributed by atoms with Crippen LogP contribution in [0.4, 0.5) is 16.2 Å². The molecule has 9 nitrogen and oxygen atoms in total. The number of para-hydroxylation sites is 4. The zero-order chi connectivity index (χ0) is 26.2. The van der Waals surface area contributed by atoms with E-state index in [2.05, 4.69) is 20.6 Å². The smallest absolute Gasteiger partial charge is 0.335 e. The summed E-state index contributed by atoms with van der Waals surface area (Å²) < 4.78 is 1.54. The molecule has 0 radical (unpaired) electrons. The number of amides is 2. The van der Waals surface area contributed by atoms with E-state index in [1.165, 1.54) is 24.4 Å². The lowest BCUT2D eigenvalue weighted by Gasteiger charge is -2.12. The molecule has 4 aromatic carbocycles. The van der Waals surface area contributed by atoms with Crippen LogP contribution in [0.3, 0.4) is 0 Å². The van der Waals surface area contributed by atoms with Gasteiger partial charge in [-0.15, -0.1) is 0 Å². The fourth-order valence-corrected chi connectivity index (χ4v) is 4.48. The number of rotatable bonds is 4. The van der Waals surface area contributed by atoms with Crippen molar-refractivity contribution in [1.82, 2.24) is 14.5 Å². The summed E-state index contributed by atoms with van der Waals surface area (Å²) in [6.07, 6.45) is 1.35. The van der Waals surface area contributed by atoms with Crippen LogP contribution in [-0.4, -0.2) is 37.5 Å². The first-order valence-electron chi connectivity index (χ1n) is 11.7. The molecule has 0 fully saturated rings. The summed E-state index contributed by atoms with van der Waals surface area (Å²) in [5.74, 6) is -1.77. The predicted octanol–water partition coefficient (Wildman–Crippen LogP) is 5.77. The molecule has 0 aliphatic heterocycles. The van der Waals surface area contributed by atoms with Crippen LogP contribution in [0.5, 0.6) is 0 Å². The van der Waals surface area contributed by atoms with Gasteiger partial charge in [0.2, 0.25) is 0 Å². The molecule has 6 aromatic rings. The summed E-state index contributed by atoms with van der Waals surface area (Å²) in [4.78, 5) is 46.8. The number of carboxylic acids is 1. The van der Waals surface area contributed by atoms with E-state index >= 15 is 0 Å². The molecule has 0 unspecified atom stereocenters. The van der Waals surface area contributed by atoms with E-state index in [9.17, 15) is 19.5 Å². The van der Waals surface area contributed by atoms with Crippen LogP contribution >= 0.6 is 0 Å². The Morgan fingerprint density at radius 3 is 1.95 bits per heavy atom. The maximum absolute atomic E-state index is 13.5. The second-order valence-corrected chi connectivity index (χ2v) is 8.60. The zero-order valence-electron chi connectivity index (χ0n) is 19.8. The summed E-state index contributed by atoms with van der Waals surface area (Å²) in [5, 5.41) is 16.9. The summed E-state index contributed by atoms with van der Waals surface area (Å²) in [6, 6.07) is 25.9. The summed E-state index contributed by atoms with van der Waals surface area (Å²) in [5.41, 5.74) is 2.97. The predicted molar refractivity (Wildman–Crippen MR) is 145 cm³/mol. The minimum atomic E-state index is -1.21. The average Bonchev–Trinajstić information content (AvgIpc) is 3.27. The molecule has 0 saturated heterocycles. The molecule has 0 saturated carbocycles. The summed E-state index contributed by atoms with van der Waals surface area (Å²) in [6.45, 7) is 0. The maximum atomic E-state index is 13.5. The molecule has 0 bridgehead atoms. The van der Waals surface area contributed by atoms with E-state index < -0.39 is 17.9 Å². The van der Waals surface area contributed by atoms with Gasteiger partial charge in [0.15, 0.2) is 0 Å². The quantitative estimate of drug-likeness (QED) is 0.282. The fourth-order valence-electron chi connectivity index (χ4n) is 4.48. The number of hydrogen-bond acceptors (Lipinski definition) is 5. The van der Waals surface area contributed by atoms with Gasteiger partial charge in [-0.25, -0.2) is 14.6 Å². The van der Waals surface area contributed by atoms with Crippen molar-refractivity contribution in [2.75, 3.05) is 10.6 Å². The molecular weight excluding hydrogens is 482 g/mol. The van der Waals surface area contributed by atoms with Crippen molar-refractivity contribution in [3.63, 3.8) is 0 Å². The van der Waals surface area contributed by atoms with Crippen molar-refractivity contribution in [1.29, 1.82) is 0 Å². The molecular formula is C29H19N5O4. The highest BCUT2D eigenvalue weighted by molar-refractivity contribution is 6.15. The van der Waals surface area contributed by atoms with Gasteiger partial charge >= 0.3 is 12.0 Å². The third kappa shape index (κ3) is 4.07. The standard InChI is InChI=1S/C29H19N5O4/c35-27(24-16-30-22-9-3-4-10-23(22)33-24)31-18-13-17(28(36)37)14-19(15-18)32-29(38)34-25-11-5-1-7-20(25)21-8-2-6-12-26(21)34/h1-16H,(H,31,35)(H,32,38)(H,36,37). The molecule has 38 heavy (non-hydrogen) atoms. The Morgan fingerprint density at radius 1 is 0.711 bits per heavy atom. The number of carbonyl (C=O) groups excluding carboxylic acids is 2. The molecule has 0 aliphatic rings. The Kier molecular flexibility index (Phi) is 5.50. The number of hydrogen-bond donors (Lipinski definition) is 3. The number of anilines is 2. The first-order valence-corrected chi connectivity index (χ1v) is 11.7. The van der Waals surface area contributed by atoms with Crippen LogP contribution in [0.1, 0.15) is 20.8 Å². The van der Waals surface area contributed by atoms with Gasteiger partial charge in [-0.1, -0.05) is 48.5 Å². The second-order valence-electron chi connectivity index (χ2n) is 8.60. The first kappa shape index (κ1) is 22.9. The van der Waals surface area contributed by atoms with Gasteiger partial charge in [0, 0.05) is 22.1 Å². The van der Waals surface area contributed by atoms with Gasteiger partial charge in [-0.05, 0) is 42.5 Å². The number of carboxylic acid groups (broad SMARTS) is 1. The van der Waals surface area contributed by atoms with E-state index in [1.807, 2.05) is 54.6 Å². The largest absolute Gasteiger partial charge is 0.478 e. The van der Waals surface area contributed by atoms with Crippen molar-refractivity contribution < 1.29 is 19.5 Å². The number of aromatic nitrogens is 3. The van der Waals surface area contributed by atoms with Crippen molar-refractivity contribution in [2.24, 2.45) is 0 Å². The molecule has 2 aromatic heterocycles. The lowest BCUT2D eigenvalue weighted by molar-refractivity contribution is 0.0696. The van der Waals surface area contributed by atoms with Gasteiger partial charge in [0.1, 0.15) is 5.69 Å². The van der Waals surface area contributed by atoms with Crippen molar-refractivity contribution in [2.45, 2.75) is 0 Å². The van der Waals surface area contributed by atoms with Crippen LogP contribution in [0.2, 0.25) is 0 Å². The SMILES string of the molecule is O=C(O)c1cc(NC(=O)c2cnc3ccccc3n2)cc(NC(=O)n2c3ccccc3c3ccccc32)c1. The maximum Gasteiger partial charge on any atom is 0.335 e. The highest BCUT2D eigenvalue weighted by Gasteiger charge is 2.18. The second kappa shape index (κ2) is 9.14. The molecule has 0 atom stereocenters. The summed E-state index contributed by atoms with van der Waals surface area (Å²) >= 11 is 0. The monoisotopic (exact) mass is 501 g/mol. The van der Waals surface area contributed by atoms with Crippen LogP contribution in [0, 0.1) is 0 Å². The van der Waals surface area contributed by atoms with Gasteiger partial charge < -0.3 is 15.7 Å². The molecule has 2 amide bonds. The molecule has 9 heteroatoms. The topological polar surface area (TPSA) is 126 Å². The van der Waals surface area contributed by atoms with Crippen LogP contribution < -0.4 is 10.6 Å². The Bertz CT molecular complexity index is 1860. The molecule has 6 rings (SSSR count). The van der Waals surface area contributed by atoms with E-state index in [-0.39, 0.29) is 22.6 Å². The molecule has 0 spiro atoms. The average molecular weight is 502 g/mol. The number of aromatic carboxylic acids is 1. The van der Waals surface area contributed by atoms with E-state index in [0.717, 1.165) is 10.8 Å². The van der Waals surface area contributed by atoms with Crippen molar-refractivity contribution in [3.05, 3.63) is 108 Å². The van der Waals surface area contributed by atoms with E-state index in [0.29, 0.717) is 22.1 Å². The van der Waals surface area contributed by atoms with Gasteiger partial charge in [-0.2, -0.15) is 0 Å². The van der Waals surface area contributed by atoms with Gasteiger partial charge in [0.05, 0.1) is 33.8 Å². The molecule has 3 N–H and O–H groups in total. The number of nitrogens with one attached hydrogen (secondary N) is 2. The van der Waals surface area contributed by atoms with E-state index in [1.54, 1.807) is 22.8 Å². The van der Waals surface area contributed by atoms with E-state index in [4.69, 9.17) is 0 Å². The molecule has 2 heterocycles. The van der Waals surface area contributed by atoms with Crippen LogP contribution in [-0.2, 0) is 0 Å². The van der Waals surface area contributed by atoms with Crippen molar-refractivity contribution >= 4 is 62.1 Å². The lowest BCUT2D eigenvalue weighted by atomic mass is 10.1. The lowest BCUT2D eigenvalue weighted by Crippen LogP contribution is -2.20. The highest BCUT2D eigenvalue weighted by atomic mass is 16.4. The normalized spacial score (nSPS) is 11.1. The Morgan fingerprint density at radius 2 is 1.29 bits per heavy atom. The summed E-state index contributed by atoms with van der Waals surface area (Å²) in [7, 11) is 0. The third-order valence-electron chi connectivity index (χ3n) is 6.15. The molecule has 0 aliphatic carbocycles. The number of carbonyl (C=O) groups is 3. The number of nitrogens with zero attached hydrogens (tertiary/aromatic N) is 3.